The molecule has 1 saturated carbocycles. The Hall–Kier alpha value is -2.89. The third-order valence-corrected chi connectivity index (χ3v) is 7.43. The molecule has 0 saturated heterocycles. The molecular weight excluding hydrogens is 459 g/mol. The van der Waals surface area contributed by atoms with E-state index in [0.29, 0.717) is 6.04 Å². The van der Waals surface area contributed by atoms with Crippen LogP contribution in [0.15, 0.2) is 54.6 Å². The van der Waals surface area contributed by atoms with E-state index in [9.17, 15) is 4.39 Å². The van der Waals surface area contributed by atoms with Gasteiger partial charge >= 0.3 is 0 Å². The first-order valence-electron chi connectivity index (χ1n) is 12.4. The fraction of sp³-hybridized carbons (Fsp3) is 0.345. The van der Waals surface area contributed by atoms with Crippen molar-refractivity contribution in [2.24, 2.45) is 0 Å². The highest BCUT2D eigenvalue weighted by Crippen LogP contribution is 2.35. The summed E-state index contributed by atoms with van der Waals surface area (Å²) in [5.41, 5.74) is 8.42. The van der Waals surface area contributed by atoms with Crippen molar-refractivity contribution >= 4 is 29.1 Å². The topological polar surface area (TPSA) is 44.0 Å². The zero-order valence-corrected chi connectivity index (χ0v) is 21.1. The molecule has 3 heterocycles. The highest BCUT2D eigenvalue weighted by atomic mass is 35.5. The van der Waals surface area contributed by atoms with Crippen LogP contribution in [-0.4, -0.2) is 22.6 Å². The Morgan fingerprint density at radius 3 is 2.66 bits per heavy atom. The lowest BCUT2D eigenvalue weighted by molar-refractivity contribution is 0.514. The average Bonchev–Trinajstić information content (AvgIpc) is 3.62. The van der Waals surface area contributed by atoms with Gasteiger partial charge < -0.3 is 15.2 Å². The van der Waals surface area contributed by atoms with Crippen molar-refractivity contribution in [3.8, 4) is 0 Å². The number of benzene rings is 2. The molecule has 6 rings (SSSR count). The third-order valence-electron chi connectivity index (χ3n) is 7.43. The van der Waals surface area contributed by atoms with Crippen molar-refractivity contribution in [1.82, 2.24) is 15.3 Å². The van der Waals surface area contributed by atoms with Crippen LogP contribution < -0.4 is 10.2 Å². The van der Waals surface area contributed by atoms with Crippen molar-refractivity contribution in [2.45, 2.75) is 58.2 Å². The second-order valence-electron chi connectivity index (χ2n) is 9.94. The minimum Gasteiger partial charge on any atom is -0.355 e. The molecule has 1 fully saturated rings. The average molecular weight is 491 g/mol. The number of rotatable bonds is 6. The Bertz CT molecular complexity index is 1360. The van der Waals surface area contributed by atoms with Crippen molar-refractivity contribution in [3.63, 3.8) is 0 Å². The van der Waals surface area contributed by atoms with Gasteiger partial charge in [0, 0.05) is 30.2 Å². The molecule has 2 aromatic heterocycles. The fourth-order valence-corrected chi connectivity index (χ4v) is 5.22. The van der Waals surface area contributed by atoms with E-state index in [2.05, 4.69) is 59.4 Å². The van der Waals surface area contributed by atoms with Gasteiger partial charge in [0.15, 0.2) is 5.82 Å². The van der Waals surface area contributed by atoms with Gasteiger partial charge in [0.2, 0.25) is 0 Å². The van der Waals surface area contributed by atoms with Gasteiger partial charge in [-0.2, -0.15) is 0 Å². The van der Waals surface area contributed by atoms with Crippen molar-refractivity contribution in [2.75, 3.05) is 11.4 Å². The summed E-state index contributed by atoms with van der Waals surface area (Å²) < 4.78 is 13.9. The van der Waals surface area contributed by atoms with Gasteiger partial charge in [-0.1, -0.05) is 36.4 Å². The number of aromatic amines is 1. The van der Waals surface area contributed by atoms with E-state index in [-0.39, 0.29) is 24.3 Å². The first kappa shape index (κ1) is 23.8. The molecule has 0 amide bonds. The van der Waals surface area contributed by atoms with Crippen molar-refractivity contribution in [3.05, 3.63) is 94.1 Å². The maximum atomic E-state index is 13.9. The number of hydrogen-bond acceptors (Lipinski definition) is 3. The maximum absolute atomic E-state index is 13.9. The summed E-state index contributed by atoms with van der Waals surface area (Å²) in [6.07, 6.45) is 4.13. The molecular formula is C29H32ClFN4. The summed E-state index contributed by atoms with van der Waals surface area (Å²) in [4.78, 5) is 11.3. The van der Waals surface area contributed by atoms with Gasteiger partial charge in [0.25, 0.3) is 0 Å². The van der Waals surface area contributed by atoms with E-state index in [4.69, 9.17) is 4.98 Å². The molecule has 1 unspecified atom stereocenters. The number of fused-ring (bicyclic) bond motifs is 2. The highest BCUT2D eigenvalue weighted by molar-refractivity contribution is 5.93. The third kappa shape index (κ3) is 4.80. The number of aryl methyl sites for hydroxylation is 2. The Balaban J connectivity index is 0.00000253. The number of anilines is 1. The van der Waals surface area contributed by atoms with E-state index >= 15 is 0 Å². The molecule has 2 N–H and O–H groups in total. The summed E-state index contributed by atoms with van der Waals surface area (Å²) in [6.45, 7) is 6.13. The van der Waals surface area contributed by atoms with Gasteiger partial charge in [0.1, 0.15) is 5.82 Å². The number of halogens is 2. The maximum Gasteiger partial charge on any atom is 0.153 e. The monoisotopic (exact) mass is 490 g/mol. The fourth-order valence-electron chi connectivity index (χ4n) is 5.22. The first-order chi connectivity index (χ1) is 16.5. The van der Waals surface area contributed by atoms with Crippen LogP contribution in [0.4, 0.5) is 10.2 Å². The van der Waals surface area contributed by atoms with Crippen LogP contribution in [-0.2, 0) is 19.4 Å². The zero-order chi connectivity index (χ0) is 23.2. The molecule has 4 aromatic rings. The standard InChI is InChI=1S/C29H31FN4.ClH/c1-18-19(2)31-28-25(18)16-27(26(32-24-10-11-24)15-20-6-5-9-23(30)14-20)33-29(28)34-13-12-21-7-3-4-8-22(21)17-34;/h3-9,14,16,24,26,31-32H,10-13,15,17H2,1-2H3;1H. The molecule has 1 aliphatic carbocycles. The lowest BCUT2D eigenvalue weighted by atomic mass is 9.99. The second kappa shape index (κ2) is 9.63. The number of H-pyrrole nitrogens is 1. The molecule has 6 heteroatoms. The second-order valence-corrected chi connectivity index (χ2v) is 9.94. The SMILES string of the molecule is Cc1[nH]c2c(N3CCc4ccccc4C3)nc(C(Cc3cccc(F)c3)NC3CC3)cc2c1C.Cl. The van der Waals surface area contributed by atoms with Gasteiger partial charge in [-0.15, -0.1) is 12.4 Å². The van der Waals surface area contributed by atoms with Crippen molar-refractivity contribution < 1.29 is 4.39 Å². The van der Waals surface area contributed by atoms with E-state index in [0.717, 1.165) is 48.5 Å². The molecule has 1 atom stereocenters. The predicted octanol–water partition coefficient (Wildman–Crippen LogP) is 6.34. The van der Waals surface area contributed by atoms with Crippen LogP contribution in [0.1, 0.15) is 52.5 Å². The largest absolute Gasteiger partial charge is 0.355 e. The molecule has 0 spiro atoms. The Kier molecular flexibility index (Phi) is 6.56. The lowest BCUT2D eigenvalue weighted by Gasteiger charge is -2.31. The Labute approximate surface area is 212 Å². The van der Waals surface area contributed by atoms with Gasteiger partial charge in [-0.05, 0) is 80.0 Å². The molecule has 182 valence electrons. The van der Waals surface area contributed by atoms with Crippen LogP contribution in [0.5, 0.6) is 0 Å². The summed E-state index contributed by atoms with van der Waals surface area (Å²) in [5.74, 6) is 0.843. The molecule has 0 bridgehead atoms. The normalized spacial score (nSPS) is 16.1. The summed E-state index contributed by atoms with van der Waals surface area (Å²) >= 11 is 0. The minimum atomic E-state index is -0.184. The Morgan fingerprint density at radius 1 is 1.09 bits per heavy atom. The summed E-state index contributed by atoms with van der Waals surface area (Å²) in [7, 11) is 0. The van der Waals surface area contributed by atoms with Crippen LogP contribution in [0.25, 0.3) is 10.9 Å². The Morgan fingerprint density at radius 2 is 1.89 bits per heavy atom. The van der Waals surface area contributed by atoms with Crippen LogP contribution in [0.3, 0.4) is 0 Å². The summed E-state index contributed by atoms with van der Waals surface area (Å²) in [6, 6.07) is 18.5. The molecule has 0 radical (unpaired) electrons. The van der Waals surface area contributed by atoms with Crippen LogP contribution in [0, 0.1) is 19.7 Å². The van der Waals surface area contributed by atoms with E-state index in [1.54, 1.807) is 12.1 Å². The quantitative estimate of drug-likeness (QED) is 0.331. The van der Waals surface area contributed by atoms with E-state index < -0.39 is 0 Å². The van der Waals surface area contributed by atoms with Gasteiger partial charge in [-0.25, -0.2) is 9.37 Å². The number of hydrogen-bond donors (Lipinski definition) is 2. The summed E-state index contributed by atoms with van der Waals surface area (Å²) in [5, 5.41) is 5.03. The van der Waals surface area contributed by atoms with Crippen molar-refractivity contribution in [1.29, 1.82) is 0 Å². The molecule has 4 nitrogen and oxygen atoms in total. The predicted molar refractivity (Wildman–Crippen MR) is 143 cm³/mol. The van der Waals surface area contributed by atoms with E-state index in [1.807, 2.05) is 6.07 Å². The number of nitrogens with one attached hydrogen (secondary N) is 2. The molecule has 2 aliphatic rings. The van der Waals surface area contributed by atoms with Gasteiger partial charge in [-0.3, -0.25) is 0 Å². The molecule has 1 aliphatic heterocycles. The van der Waals surface area contributed by atoms with Gasteiger partial charge in [0.05, 0.1) is 17.3 Å². The number of aromatic nitrogens is 2. The molecule has 35 heavy (non-hydrogen) atoms. The number of nitrogens with zero attached hydrogens (tertiary/aromatic N) is 2. The smallest absolute Gasteiger partial charge is 0.153 e. The first-order valence-corrected chi connectivity index (χ1v) is 12.4. The minimum absolute atomic E-state index is 0. The van der Waals surface area contributed by atoms with Crippen LogP contribution >= 0.6 is 12.4 Å². The van der Waals surface area contributed by atoms with Crippen LogP contribution in [0.2, 0.25) is 0 Å². The highest BCUT2D eigenvalue weighted by Gasteiger charge is 2.28. The van der Waals surface area contributed by atoms with E-state index in [1.165, 1.54) is 46.7 Å². The lowest BCUT2D eigenvalue weighted by Crippen LogP contribution is -2.32. The zero-order valence-electron chi connectivity index (χ0n) is 20.3. The molecule has 2 aromatic carbocycles. The number of pyridine rings is 1.